The van der Waals surface area contributed by atoms with Crippen molar-refractivity contribution in [3.63, 3.8) is 0 Å². The maximum absolute atomic E-state index is 5.51. The van der Waals surface area contributed by atoms with Crippen molar-refractivity contribution >= 4 is 0 Å². The van der Waals surface area contributed by atoms with Gasteiger partial charge in [0.05, 0.1) is 19.3 Å². The fourth-order valence-electron chi connectivity index (χ4n) is 2.41. The van der Waals surface area contributed by atoms with E-state index in [1.165, 1.54) is 0 Å². The molecule has 0 amide bonds. The van der Waals surface area contributed by atoms with Crippen LogP contribution in [0.2, 0.25) is 0 Å². The highest BCUT2D eigenvalue weighted by molar-refractivity contribution is 4.97. The molecule has 76 valence electrons. The fourth-order valence-corrected chi connectivity index (χ4v) is 2.41. The van der Waals surface area contributed by atoms with Crippen LogP contribution in [0.15, 0.2) is 0 Å². The SMILES string of the molecule is CC(C)(C)N1CCN[C@H]2COC[C@H]21. The molecule has 0 radical (unpaired) electrons. The molecule has 3 nitrogen and oxygen atoms in total. The number of rotatable bonds is 0. The Labute approximate surface area is 80.4 Å². The van der Waals surface area contributed by atoms with Crippen LogP contribution in [0.1, 0.15) is 20.8 Å². The minimum atomic E-state index is 0.277. The van der Waals surface area contributed by atoms with Crippen molar-refractivity contribution in [2.75, 3.05) is 26.3 Å². The zero-order chi connectivity index (χ0) is 9.47. The second-order valence-corrected chi connectivity index (χ2v) is 5.03. The van der Waals surface area contributed by atoms with Gasteiger partial charge in [0.1, 0.15) is 0 Å². The Morgan fingerprint density at radius 3 is 2.77 bits per heavy atom. The molecule has 0 aromatic rings. The molecule has 1 N–H and O–H groups in total. The van der Waals surface area contributed by atoms with Crippen molar-refractivity contribution in [1.29, 1.82) is 0 Å². The minimum Gasteiger partial charge on any atom is -0.378 e. The van der Waals surface area contributed by atoms with E-state index in [1.807, 2.05) is 0 Å². The lowest BCUT2D eigenvalue weighted by atomic mass is 9.98. The predicted octanol–water partition coefficient (Wildman–Crippen LogP) is 0.457. The summed E-state index contributed by atoms with van der Waals surface area (Å²) in [7, 11) is 0. The Hall–Kier alpha value is -0.120. The molecule has 0 bridgehead atoms. The topological polar surface area (TPSA) is 24.5 Å². The summed E-state index contributed by atoms with van der Waals surface area (Å²) in [6, 6.07) is 1.15. The Morgan fingerprint density at radius 1 is 1.31 bits per heavy atom. The smallest absolute Gasteiger partial charge is 0.0638 e. The van der Waals surface area contributed by atoms with E-state index in [2.05, 4.69) is 31.0 Å². The second-order valence-electron chi connectivity index (χ2n) is 5.03. The molecule has 0 saturated carbocycles. The van der Waals surface area contributed by atoms with Gasteiger partial charge >= 0.3 is 0 Å². The summed E-state index contributed by atoms with van der Waals surface area (Å²) in [4.78, 5) is 2.57. The van der Waals surface area contributed by atoms with Gasteiger partial charge in [-0.1, -0.05) is 0 Å². The number of hydrogen-bond donors (Lipinski definition) is 1. The Balaban J connectivity index is 2.10. The number of ether oxygens (including phenoxy) is 1. The molecular formula is C10H20N2O. The lowest BCUT2D eigenvalue weighted by Gasteiger charge is -2.45. The van der Waals surface area contributed by atoms with Crippen LogP contribution in [-0.4, -0.2) is 48.8 Å². The molecule has 0 spiro atoms. The van der Waals surface area contributed by atoms with E-state index in [9.17, 15) is 0 Å². The summed E-state index contributed by atoms with van der Waals surface area (Å²) in [5, 5.41) is 3.52. The number of nitrogens with one attached hydrogen (secondary N) is 1. The van der Waals surface area contributed by atoms with E-state index >= 15 is 0 Å². The first-order chi connectivity index (χ1) is 6.09. The molecule has 3 heteroatoms. The van der Waals surface area contributed by atoms with E-state index < -0.39 is 0 Å². The average Bonchev–Trinajstić information content (AvgIpc) is 2.48. The second kappa shape index (κ2) is 3.23. The van der Waals surface area contributed by atoms with E-state index in [0.717, 1.165) is 26.3 Å². The molecule has 2 heterocycles. The summed E-state index contributed by atoms with van der Waals surface area (Å²) in [6.45, 7) is 10.9. The lowest BCUT2D eigenvalue weighted by Crippen LogP contribution is -2.62. The van der Waals surface area contributed by atoms with E-state index in [1.54, 1.807) is 0 Å². The van der Waals surface area contributed by atoms with E-state index in [0.29, 0.717) is 12.1 Å². The van der Waals surface area contributed by atoms with E-state index in [4.69, 9.17) is 4.74 Å². The summed E-state index contributed by atoms with van der Waals surface area (Å²) < 4.78 is 5.51. The molecule has 2 fully saturated rings. The van der Waals surface area contributed by atoms with Crippen LogP contribution in [0, 0.1) is 0 Å². The Bertz CT molecular complexity index is 188. The standard InChI is InChI=1S/C10H20N2O/c1-10(2,3)12-5-4-11-8-6-13-7-9(8)12/h8-9,11H,4-7H2,1-3H3/t8-,9+/m0/s1. The van der Waals surface area contributed by atoms with Crippen molar-refractivity contribution in [2.45, 2.75) is 38.4 Å². The highest BCUT2D eigenvalue weighted by atomic mass is 16.5. The molecule has 2 atom stereocenters. The van der Waals surface area contributed by atoms with Crippen molar-refractivity contribution in [1.82, 2.24) is 10.2 Å². The zero-order valence-corrected chi connectivity index (χ0v) is 8.84. The van der Waals surface area contributed by atoms with Crippen LogP contribution in [0.25, 0.3) is 0 Å². The van der Waals surface area contributed by atoms with Gasteiger partial charge in [0.15, 0.2) is 0 Å². The molecule has 0 aromatic carbocycles. The van der Waals surface area contributed by atoms with Gasteiger partial charge in [0.25, 0.3) is 0 Å². The van der Waals surface area contributed by atoms with Gasteiger partial charge in [0, 0.05) is 24.7 Å². The molecule has 2 aliphatic rings. The summed E-state index contributed by atoms with van der Waals surface area (Å²) >= 11 is 0. The van der Waals surface area contributed by atoms with Crippen LogP contribution in [0.4, 0.5) is 0 Å². The van der Waals surface area contributed by atoms with Crippen LogP contribution in [-0.2, 0) is 4.74 Å². The molecule has 0 unspecified atom stereocenters. The van der Waals surface area contributed by atoms with Crippen LogP contribution < -0.4 is 5.32 Å². The van der Waals surface area contributed by atoms with Crippen LogP contribution in [0.3, 0.4) is 0 Å². The largest absolute Gasteiger partial charge is 0.378 e. The van der Waals surface area contributed by atoms with Gasteiger partial charge in [0.2, 0.25) is 0 Å². The third kappa shape index (κ3) is 1.73. The van der Waals surface area contributed by atoms with Gasteiger partial charge in [-0.2, -0.15) is 0 Å². The monoisotopic (exact) mass is 184 g/mol. The molecule has 2 saturated heterocycles. The van der Waals surface area contributed by atoms with Crippen molar-refractivity contribution < 1.29 is 4.74 Å². The minimum absolute atomic E-state index is 0.277. The average molecular weight is 184 g/mol. The molecule has 2 aliphatic heterocycles. The van der Waals surface area contributed by atoms with E-state index in [-0.39, 0.29) is 5.54 Å². The summed E-state index contributed by atoms with van der Waals surface area (Å²) in [5.41, 5.74) is 0.277. The number of piperazine rings is 1. The maximum atomic E-state index is 5.51. The first kappa shape index (κ1) is 9.44. The number of hydrogen-bond acceptors (Lipinski definition) is 3. The number of fused-ring (bicyclic) bond motifs is 1. The normalized spacial score (nSPS) is 36.2. The first-order valence-electron chi connectivity index (χ1n) is 5.17. The van der Waals surface area contributed by atoms with Crippen molar-refractivity contribution in [3.05, 3.63) is 0 Å². The molecule has 2 rings (SSSR count). The summed E-state index contributed by atoms with van der Waals surface area (Å²) in [5.74, 6) is 0. The maximum Gasteiger partial charge on any atom is 0.0638 e. The predicted molar refractivity (Wildman–Crippen MR) is 52.9 cm³/mol. The fraction of sp³-hybridized carbons (Fsp3) is 1.00. The third-order valence-electron chi connectivity index (χ3n) is 3.07. The highest BCUT2D eigenvalue weighted by Gasteiger charge is 2.40. The van der Waals surface area contributed by atoms with Gasteiger partial charge in [-0.15, -0.1) is 0 Å². The van der Waals surface area contributed by atoms with Crippen LogP contribution >= 0.6 is 0 Å². The third-order valence-corrected chi connectivity index (χ3v) is 3.07. The van der Waals surface area contributed by atoms with Gasteiger partial charge in [-0.05, 0) is 20.8 Å². The quantitative estimate of drug-likeness (QED) is 0.592. The van der Waals surface area contributed by atoms with Crippen molar-refractivity contribution in [2.24, 2.45) is 0 Å². The molecular weight excluding hydrogens is 164 g/mol. The molecule has 13 heavy (non-hydrogen) atoms. The van der Waals surface area contributed by atoms with Gasteiger partial charge in [-0.25, -0.2) is 0 Å². The zero-order valence-electron chi connectivity index (χ0n) is 8.84. The number of nitrogens with zero attached hydrogens (tertiary/aromatic N) is 1. The Kier molecular flexibility index (Phi) is 2.34. The lowest BCUT2D eigenvalue weighted by molar-refractivity contribution is 0.0460. The summed E-state index contributed by atoms with van der Waals surface area (Å²) in [6.07, 6.45) is 0. The van der Waals surface area contributed by atoms with Crippen molar-refractivity contribution in [3.8, 4) is 0 Å². The Morgan fingerprint density at radius 2 is 2.08 bits per heavy atom. The molecule has 0 aromatic heterocycles. The van der Waals surface area contributed by atoms with Gasteiger partial charge in [-0.3, -0.25) is 4.90 Å². The van der Waals surface area contributed by atoms with Gasteiger partial charge < -0.3 is 10.1 Å². The first-order valence-corrected chi connectivity index (χ1v) is 5.17. The molecule has 0 aliphatic carbocycles. The highest BCUT2D eigenvalue weighted by Crippen LogP contribution is 2.24. The van der Waals surface area contributed by atoms with Crippen LogP contribution in [0.5, 0.6) is 0 Å².